The Balaban J connectivity index is 1.70. The summed E-state index contributed by atoms with van der Waals surface area (Å²) in [5.41, 5.74) is 1.20. The van der Waals surface area contributed by atoms with Crippen molar-refractivity contribution in [1.82, 2.24) is 9.78 Å². The summed E-state index contributed by atoms with van der Waals surface area (Å²) in [6.45, 7) is 1.83. The smallest absolute Gasteiger partial charge is 0.313 e. The Hall–Kier alpha value is -3.65. The molecule has 4 rings (SSSR count). The molecule has 0 bridgehead atoms. The van der Waals surface area contributed by atoms with Gasteiger partial charge in [-0.25, -0.2) is 0 Å². The van der Waals surface area contributed by atoms with E-state index in [2.05, 4.69) is 5.10 Å². The summed E-state index contributed by atoms with van der Waals surface area (Å²) in [5, 5.41) is 5.68. The van der Waals surface area contributed by atoms with E-state index in [1.807, 2.05) is 6.07 Å². The van der Waals surface area contributed by atoms with Gasteiger partial charge in [0.05, 0.1) is 18.7 Å². The summed E-state index contributed by atoms with van der Waals surface area (Å²) in [6.07, 6.45) is -0.336. The molecule has 2 aromatic rings. The van der Waals surface area contributed by atoms with Crippen LogP contribution in [0.1, 0.15) is 19.1 Å². The summed E-state index contributed by atoms with van der Waals surface area (Å²) >= 11 is 5.95. The highest BCUT2D eigenvalue weighted by Gasteiger charge is 2.26. The van der Waals surface area contributed by atoms with Crippen LogP contribution in [0.2, 0.25) is 5.02 Å². The fourth-order valence-electron chi connectivity index (χ4n) is 3.32. The van der Waals surface area contributed by atoms with Crippen LogP contribution in [0.3, 0.4) is 0 Å². The third kappa shape index (κ3) is 4.36. The molecule has 0 radical (unpaired) electrons. The van der Waals surface area contributed by atoms with Crippen LogP contribution in [-0.4, -0.2) is 34.9 Å². The molecule has 0 spiro atoms. The highest BCUT2D eigenvalue weighted by Crippen LogP contribution is 2.32. The van der Waals surface area contributed by atoms with Gasteiger partial charge in [-0.15, -0.1) is 0 Å². The molecule has 0 saturated heterocycles. The number of hydrogen-bond donors (Lipinski definition) is 0. The minimum atomic E-state index is -0.631. The molecule has 164 valence electrons. The van der Waals surface area contributed by atoms with E-state index >= 15 is 0 Å². The molecule has 0 unspecified atom stereocenters. The molecule has 0 N–H and O–H groups in total. The summed E-state index contributed by atoms with van der Waals surface area (Å²) in [7, 11) is 0. The molecule has 0 fully saturated rings. The fraction of sp³-hybridized carbons (Fsp3) is 0.217. The maximum absolute atomic E-state index is 13.2. The molecule has 9 heteroatoms. The van der Waals surface area contributed by atoms with Crippen molar-refractivity contribution in [2.75, 3.05) is 13.2 Å². The van der Waals surface area contributed by atoms with Crippen molar-refractivity contribution in [2.24, 2.45) is 0 Å². The molecular weight excluding hydrogens is 436 g/mol. The predicted octanol–water partition coefficient (Wildman–Crippen LogP) is 3.78. The van der Waals surface area contributed by atoms with E-state index in [4.69, 9.17) is 25.5 Å². The van der Waals surface area contributed by atoms with Gasteiger partial charge < -0.3 is 13.9 Å². The van der Waals surface area contributed by atoms with Gasteiger partial charge in [-0.1, -0.05) is 23.7 Å². The van der Waals surface area contributed by atoms with Gasteiger partial charge >= 0.3 is 11.9 Å². The Kier molecular flexibility index (Phi) is 6.23. The molecule has 0 amide bonds. The van der Waals surface area contributed by atoms with Crippen molar-refractivity contribution in [3.8, 4) is 16.9 Å². The third-order valence-electron chi connectivity index (χ3n) is 4.75. The molecule has 2 aromatic carbocycles. The minimum Gasteiger partial charge on any atom is -0.466 e. The lowest BCUT2D eigenvalue weighted by atomic mass is 10.1. The SMILES string of the molecule is CCOC(=O)CCOC(=O)Cc1oc2ccccc2c2nn(-c3ccc(Cl)cc3)c(=O)c1-2. The number of ether oxygens (including phenoxy) is 2. The second-order valence-corrected chi connectivity index (χ2v) is 7.33. The number of hydrogen-bond acceptors (Lipinski definition) is 7. The maximum atomic E-state index is 13.2. The zero-order valence-electron chi connectivity index (χ0n) is 17.2. The number of carbonyl (C=O) groups excluding carboxylic acids is 2. The van der Waals surface area contributed by atoms with Crippen LogP contribution in [0, 0.1) is 0 Å². The van der Waals surface area contributed by atoms with Crippen molar-refractivity contribution in [3.63, 3.8) is 0 Å². The molecular formula is C23H19ClN2O6. The van der Waals surface area contributed by atoms with Gasteiger partial charge in [0.25, 0.3) is 5.56 Å². The van der Waals surface area contributed by atoms with Gasteiger partial charge in [-0.05, 0) is 43.3 Å². The predicted molar refractivity (Wildman–Crippen MR) is 117 cm³/mol. The molecule has 2 aliphatic heterocycles. The lowest BCUT2D eigenvalue weighted by Crippen LogP contribution is -2.17. The van der Waals surface area contributed by atoms with E-state index in [9.17, 15) is 14.4 Å². The van der Waals surface area contributed by atoms with E-state index in [0.29, 0.717) is 27.4 Å². The van der Waals surface area contributed by atoms with Crippen LogP contribution in [0.5, 0.6) is 0 Å². The number of carbonyl (C=O) groups is 2. The van der Waals surface area contributed by atoms with Crippen LogP contribution in [0.15, 0.2) is 57.7 Å². The minimum absolute atomic E-state index is 0.0504. The number of benzene rings is 2. The van der Waals surface area contributed by atoms with Gasteiger partial charge in [0, 0.05) is 10.4 Å². The zero-order valence-corrected chi connectivity index (χ0v) is 17.9. The van der Waals surface area contributed by atoms with Crippen LogP contribution >= 0.6 is 11.6 Å². The normalized spacial score (nSPS) is 11.1. The summed E-state index contributed by atoms with van der Waals surface area (Å²) in [5.74, 6) is -0.942. The number of nitrogens with zero attached hydrogens (tertiary/aromatic N) is 2. The van der Waals surface area contributed by atoms with Crippen molar-refractivity contribution >= 4 is 34.5 Å². The quantitative estimate of drug-likeness (QED) is 0.392. The first-order valence-corrected chi connectivity index (χ1v) is 10.4. The lowest BCUT2D eigenvalue weighted by molar-refractivity contribution is -0.148. The first-order chi connectivity index (χ1) is 15.5. The summed E-state index contributed by atoms with van der Waals surface area (Å²) in [6, 6.07) is 13.8. The van der Waals surface area contributed by atoms with E-state index in [1.54, 1.807) is 49.4 Å². The topological polar surface area (TPSA) is 101 Å². The Morgan fingerprint density at radius 1 is 1.06 bits per heavy atom. The standard InChI is InChI=1S/C23H19ClN2O6/c1-2-30-19(27)11-12-31-20(28)13-18-21-22(16-5-3-4-6-17(16)32-18)25-26(23(21)29)15-9-7-14(24)8-10-15/h3-10H,2,11-13H2,1H3. The fourth-order valence-corrected chi connectivity index (χ4v) is 3.45. The van der Waals surface area contributed by atoms with E-state index in [1.165, 1.54) is 4.68 Å². The molecule has 0 aliphatic carbocycles. The van der Waals surface area contributed by atoms with Crippen LogP contribution in [-0.2, 0) is 25.5 Å². The van der Waals surface area contributed by atoms with Crippen molar-refractivity contribution in [1.29, 1.82) is 0 Å². The highest BCUT2D eigenvalue weighted by molar-refractivity contribution is 6.30. The molecule has 0 saturated carbocycles. The number of halogens is 1. The summed E-state index contributed by atoms with van der Waals surface area (Å²) < 4.78 is 17.1. The number of rotatable bonds is 7. The number of para-hydroxylation sites is 1. The Morgan fingerprint density at radius 2 is 1.81 bits per heavy atom. The van der Waals surface area contributed by atoms with Gasteiger partial charge in [0.15, 0.2) is 0 Å². The second-order valence-electron chi connectivity index (χ2n) is 6.89. The molecule has 0 aromatic heterocycles. The average molecular weight is 455 g/mol. The van der Waals surface area contributed by atoms with Gasteiger partial charge in [0.1, 0.15) is 35.6 Å². The third-order valence-corrected chi connectivity index (χ3v) is 5.00. The van der Waals surface area contributed by atoms with Crippen LogP contribution < -0.4 is 5.56 Å². The first kappa shape index (κ1) is 21.6. The second kappa shape index (κ2) is 9.23. The molecule has 2 heterocycles. The maximum Gasteiger partial charge on any atom is 0.313 e. The monoisotopic (exact) mass is 454 g/mol. The van der Waals surface area contributed by atoms with Gasteiger partial charge in [-0.3, -0.25) is 14.4 Å². The van der Waals surface area contributed by atoms with Gasteiger partial charge in [0.2, 0.25) is 0 Å². The molecule has 0 atom stereocenters. The average Bonchev–Trinajstić information content (AvgIpc) is 3.12. The van der Waals surface area contributed by atoms with Crippen LogP contribution in [0.4, 0.5) is 0 Å². The van der Waals surface area contributed by atoms with E-state index in [0.717, 1.165) is 0 Å². The van der Waals surface area contributed by atoms with Gasteiger partial charge in [-0.2, -0.15) is 9.78 Å². The van der Waals surface area contributed by atoms with Crippen molar-refractivity contribution in [2.45, 2.75) is 19.8 Å². The van der Waals surface area contributed by atoms with Crippen molar-refractivity contribution in [3.05, 3.63) is 69.7 Å². The number of esters is 2. The molecule has 8 nitrogen and oxygen atoms in total. The largest absolute Gasteiger partial charge is 0.466 e. The Labute approximate surface area is 187 Å². The molecule has 32 heavy (non-hydrogen) atoms. The van der Waals surface area contributed by atoms with E-state index in [-0.39, 0.29) is 37.4 Å². The lowest BCUT2D eigenvalue weighted by Gasteiger charge is -2.09. The number of aromatic nitrogens is 2. The van der Waals surface area contributed by atoms with Crippen LogP contribution in [0.25, 0.3) is 27.9 Å². The van der Waals surface area contributed by atoms with E-state index < -0.39 is 17.5 Å². The Bertz CT molecular complexity index is 1310. The highest BCUT2D eigenvalue weighted by atomic mass is 35.5. The molecule has 2 aliphatic rings. The zero-order chi connectivity index (χ0) is 22.7. The van der Waals surface area contributed by atoms with Crippen molar-refractivity contribution < 1.29 is 23.5 Å². The Morgan fingerprint density at radius 3 is 2.56 bits per heavy atom. The summed E-state index contributed by atoms with van der Waals surface area (Å²) in [4.78, 5) is 37.0. The number of fused-ring (bicyclic) bond motifs is 3. The first-order valence-electron chi connectivity index (χ1n) is 9.98.